The number of hydrogen-bond acceptors (Lipinski definition) is 6. The average molecular weight is 508 g/mol. The number of rotatable bonds is 9. The van der Waals surface area contributed by atoms with Crippen molar-refractivity contribution < 1.29 is 18.9 Å². The molecule has 0 spiro atoms. The molecule has 1 saturated heterocycles. The number of aliphatic imine (C=N–C) groups is 1. The van der Waals surface area contributed by atoms with Crippen molar-refractivity contribution in [3.05, 3.63) is 23.8 Å². The second-order valence-electron chi connectivity index (χ2n) is 6.15. The molecule has 1 heterocycles. The fourth-order valence-electron chi connectivity index (χ4n) is 3.09. The van der Waals surface area contributed by atoms with Gasteiger partial charge in [-0.25, -0.2) is 0 Å². The number of nitrogens with zero attached hydrogens (tertiary/aromatic N) is 2. The van der Waals surface area contributed by atoms with E-state index in [1.807, 2.05) is 12.1 Å². The monoisotopic (exact) mass is 508 g/mol. The highest BCUT2D eigenvalue weighted by Gasteiger charge is 2.24. The maximum Gasteiger partial charge on any atom is 0.191 e. The first-order chi connectivity index (χ1) is 13.2. The van der Waals surface area contributed by atoms with Gasteiger partial charge in [0, 0.05) is 40.3 Å². The highest BCUT2D eigenvalue weighted by atomic mass is 127. The molecule has 2 rings (SSSR count). The van der Waals surface area contributed by atoms with Gasteiger partial charge in [0.2, 0.25) is 0 Å². The number of hydrogen-bond donors (Lipinski definition) is 2. The van der Waals surface area contributed by atoms with Gasteiger partial charge in [-0.1, -0.05) is 6.07 Å². The number of benzene rings is 1. The van der Waals surface area contributed by atoms with Crippen LogP contribution >= 0.6 is 24.0 Å². The molecule has 1 aromatic rings. The van der Waals surface area contributed by atoms with E-state index < -0.39 is 0 Å². The zero-order valence-corrected chi connectivity index (χ0v) is 19.5. The Labute approximate surface area is 185 Å². The third-order valence-electron chi connectivity index (χ3n) is 4.56. The smallest absolute Gasteiger partial charge is 0.191 e. The molecule has 0 aliphatic carbocycles. The predicted octanol–water partition coefficient (Wildman–Crippen LogP) is 1.51. The molecule has 2 N–H and O–H groups in total. The summed E-state index contributed by atoms with van der Waals surface area (Å²) in [5.41, 5.74) is 1.16. The van der Waals surface area contributed by atoms with Gasteiger partial charge in [-0.3, -0.25) is 9.89 Å². The largest absolute Gasteiger partial charge is 0.493 e. The van der Waals surface area contributed by atoms with Gasteiger partial charge in [-0.2, -0.15) is 0 Å². The summed E-state index contributed by atoms with van der Waals surface area (Å²) in [6.45, 7) is 5.29. The number of nitrogens with one attached hydrogen (secondary N) is 2. The SMILES string of the molecule is CN=C(NCCOC)NCC(c1ccc(OC)c(OC)c1)N1CCOCC1.I. The lowest BCUT2D eigenvalue weighted by atomic mass is 10.0. The van der Waals surface area contributed by atoms with Crippen LogP contribution in [0.2, 0.25) is 0 Å². The zero-order valence-electron chi connectivity index (χ0n) is 17.2. The summed E-state index contributed by atoms with van der Waals surface area (Å²) in [7, 11) is 6.76. The van der Waals surface area contributed by atoms with Crippen LogP contribution in [0.4, 0.5) is 0 Å². The second kappa shape index (κ2) is 13.8. The van der Waals surface area contributed by atoms with Gasteiger partial charge in [-0.15, -0.1) is 24.0 Å². The molecule has 0 radical (unpaired) electrons. The number of morpholine rings is 1. The Kier molecular flexibility index (Phi) is 12.2. The van der Waals surface area contributed by atoms with Crippen LogP contribution in [0.5, 0.6) is 11.5 Å². The van der Waals surface area contributed by atoms with Crippen LogP contribution in [0.25, 0.3) is 0 Å². The first kappa shape index (κ1) is 24.7. The number of halogens is 1. The maximum atomic E-state index is 5.52. The van der Waals surface area contributed by atoms with Crippen molar-refractivity contribution in [2.45, 2.75) is 6.04 Å². The Bertz CT molecular complexity index is 597. The standard InChI is InChI=1S/C19H32N4O4.HI/c1-20-19(21-7-10-24-2)22-14-16(23-8-11-27-12-9-23)15-5-6-17(25-3)18(13-15)26-4;/h5-6,13,16H,7-12,14H2,1-4H3,(H2,20,21,22);1H. The minimum atomic E-state index is 0. The molecule has 0 saturated carbocycles. The highest BCUT2D eigenvalue weighted by molar-refractivity contribution is 14.0. The van der Waals surface area contributed by atoms with E-state index in [0.29, 0.717) is 19.7 Å². The van der Waals surface area contributed by atoms with Crippen LogP contribution in [0.15, 0.2) is 23.2 Å². The van der Waals surface area contributed by atoms with E-state index in [2.05, 4.69) is 26.6 Å². The first-order valence-electron chi connectivity index (χ1n) is 9.20. The van der Waals surface area contributed by atoms with E-state index in [1.54, 1.807) is 28.4 Å². The third-order valence-corrected chi connectivity index (χ3v) is 4.56. The van der Waals surface area contributed by atoms with E-state index in [1.165, 1.54) is 0 Å². The van der Waals surface area contributed by atoms with Gasteiger partial charge in [0.15, 0.2) is 17.5 Å². The Hall–Kier alpha value is -1.30. The highest BCUT2D eigenvalue weighted by Crippen LogP contribution is 2.32. The molecule has 1 atom stereocenters. The second-order valence-corrected chi connectivity index (χ2v) is 6.15. The summed E-state index contributed by atoms with van der Waals surface area (Å²) in [4.78, 5) is 6.70. The molecule has 28 heavy (non-hydrogen) atoms. The minimum Gasteiger partial charge on any atom is -0.493 e. The summed E-state index contributed by atoms with van der Waals surface area (Å²) in [5, 5.41) is 6.67. The summed E-state index contributed by atoms with van der Waals surface area (Å²) >= 11 is 0. The molecule has 160 valence electrons. The van der Waals surface area contributed by atoms with E-state index in [-0.39, 0.29) is 30.0 Å². The van der Waals surface area contributed by atoms with Crippen molar-refractivity contribution in [2.24, 2.45) is 4.99 Å². The topological polar surface area (TPSA) is 76.6 Å². The molecule has 1 fully saturated rings. The summed E-state index contributed by atoms with van der Waals surface area (Å²) in [6, 6.07) is 6.24. The molecule has 0 aromatic heterocycles. The lowest BCUT2D eigenvalue weighted by Gasteiger charge is -2.35. The van der Waals surface area contributed by atoms with E-state index >= 15 is 0 Å². The fourth-order valence-corrected chi connectivity index (χ4v) is 3.09. The Morgan fingerprint density at radius 3 is 2.46 bits per heavy atom. The molecule has 1 aromatic carbocycles. The molecule has 8 nitrogen and oxygen atoms in total. The van der Waals surface area contributed by atoms with Gasteiger partial charge >= 0.3 is 0 Å². The number of ether oxygens (including phenoxy) is 4. The molecule has 0 bridgehead atoms. The van der Waals surface area contributed by atoms with Crippen LogP contribution in [-0.2, 0) is 9.47 Å². The van der Waals surface area contributed by atoms with Crippen molar-refractivity contribution in [3.8, 4) is 11.5 Å². The van der Waals surface area contributed by atoms with Crippen molar-refractivity contribution in [1.82, 2.24) is 15.5 Å². The summed E-state index contributed by atoms with van der Waals surface area (Å²) in [5.74, 6) is 2.22. The maximum absolute atomic E-state index is 5.52. The molecule has 0 amide bonds. The van der Waals surface area contributed by atoms with Crippen LogP contribution in [0, 0.1) is 0 Å². The molecular weight excluding hydrogens is 475 g/mol. The Balaban J connectivity index is 0.00000392. The van der Waals surface area contributed by atoms with Crippen LogP contribution < -0.4 is 20.1 Å². The lowest BCUT2D eigenvalue weighted by Crippen LogP contribution is -2.46. The molecular formula is C19H33IN4O4. The molecule has 1 aliphatic rings. The third kappa shape index (κ3) is 7.26. The van der Waals surface area contributed by atoms with Crippen molar-refractivity contribution in [3.63, 3.8) is 0 Å². The molecule has 9 heteroatoms. The normalized spacial score (nSPS) is 16.1. The summed E-state index contributed by atoms with van der Waals surface area (Å²) in [6.07, 6.45) is 0. The average Bonchev–Trinajstić information content (AvgIpc) is 2.73. The lowest BCUT2D eigenvalue weighted by molar-refractivity contribution is 0.0169. The fraction of sp³-hybridized carbons (Fsp3) is 0.632. The van der Waals surface area contributed by atoms with E-state index in [0.717, 1.165) is 49.3 Å². The van der Waals surface area contributed by atoms with E-state index in [4.69, 9.17) is 18.9 Å². The van der Waals surface area contributed by atoms with Crippen molar-refractivity contribution in [2.75, 3.05) is 74.4 Å². The van der Waals surface area contributed by atoms with Crippen LogP contribution in [0.1, 0.15) is 11.6 Å². The molecule has 1 unspecified atom stereocenters. The first-order valence-corrected chi connectivity index (χ1v) is 9.20. The Morgan fingerprint density at radius 2 is 1.86 bits per heavy atom. The van der Waals surface area contributed by atoms with Gasteiger partial charge in [0.05, 0.1) is 40.1 Å². The van der Waals surface area contributed by atoms with Gasteiger partial charge in [0.1, 0.15) is 0 Å². The van der Waals surface area contributed by atoms with Gasteiger partial charge < -0.3 is 29.6 Å². The van der Waals surface area contributed by atoms with Gasteiger partial charge in [0.25, 0.3) is 0 Å². The van der Waals surface area contributed by atoms with Gasteiger partial charge in [-0.05, 0) is 17.7 Å². The van der Waals surface area contributed by atoms with Crippen LogP contribution in [0.3, 0.4) is 0 Å². The van der Waals surface area contributed by atoms with Crippen molar-refractivity contribution >= 4 is 29.9 Å². The zero-order chi connectivity index (χ0) is 19.5. The quantitative estimate of drug-likeness (QED) is 0.227. The van der Waals surface area contributed by atoms with Crippen molar-refractivity contribution in [1.29, 1.82) is 0 Å². The molecule has 1 aliphatic heterocycles. The number of methoxy groups -OCH3 is 3. The summed E-state index contributed by atoms with van der Waals surface area (Å²) < 4.78 is 21.5. The van der Waals surface area contributed by atoms with E-state index in [9.17, 15) is 0 Å². The predicted molar refractivity (Wildman–Crippen MR) is 121 cm³/mol. The Morgan fingerprint density at radius 1 is 1.14 bits per heavy atom. The number of guanidine groups is 1. The van der Waals surface area contributed by atoms with Crippen LogP contribution in [-0.4, -0.2) is 85.2 Å². The minimum absolute atomic E-state index is 0.